The van der Waals surface area contributed by atoms with Gasteiger partial charge in [0.2, 0.25) is 0 Å². The van der Waals surface area contributed by atoms with E-state index < -0.39 is 0 Å². The van der Waals surface area contributed by atoms with Crippen LogP contribution in [-0.4, -0.2) is 39.8 Å². The Morgan fingerprint density at radius 2 is 1.69 bits per heavy atom. The average molecular weight is 386 g/mol. The summed E-state index contributed by atoms with van der Waals surface area (Å²) in [5, 5.41) is 2.81. The number of anilines is 1. The number of carbonyl (C=O) groups is 2. The van der Waals surface area contributed by atoms with Gasteiger partial charge in [-0.2, -0.15) is 0 Å². The minimum absolute atomic E-state index is 0.0393. The molecule has 0 bridgehead atoms. The smallest absolute Gasteiger partial charge is 0.275 e. The summed E-state index contributed by atoms with van der Waals surface area (Å²) in [6, 6.07) is 16.6. The van der Waals surface area contributed by atoms with Crippen molar-refractivity contribution in [3.8, 4) is 11.3 Å². The van der Waals surface area contributed by atoms with Crippen molar-refractivity contribution in [1.29, 1.82) is 0 Å². The summed E-state index contributed by atoms with van der Waals surface area (Å²) >= 11 is 0. The molecule has 2 heterocycles. The van der Waals surface area contributed by atoms with Gasteiger partial charge in [0.15, 0.2) is 0 Å². The highest BCUT2D eigenvalue weighted by molar-refractivity contribution is 6.03. The van der Waals surface area contributed by atoms with Gasteiger partial charge in [-0.1, -0.05) is 30.3 Å². The van der Waals surface area contributed by atoms with Gasteiger partial charge >= 0.3 is 0 Å². The van der Waals surface area contributed by atoms with E-state index in [4.69, 9.17) is 0 Å². The zero-order chi connectivity index (χ0) is 20.1. The van der Waals surface area contributed by atoms with Gasteiger partial charge in [0.25, 0.3) is 11.8 Å². The summed E-state index contributed by atoms with van der Waals surface area (Å²) in [7, 11) is 0. The molecule has 0 aliphatic carbocycles. The molecule has 1 aliphatic rings. The molecule has 1 N–H and O–H groups in total. The lowest BCUT2D eigenvalue weighted by Gasteiger charge is -2.26. The summed E-state index contributed by atoms with van der Waals surface area (Å²) in [4.78, 5) is 35.8. The number of nitrogens with zero attached hydrogens (tertiary/aromatic N) is 3. The van der Waals surface area contributed by atoms with Crippen molar-refractivity contribution >= 4 is 17.5 Å². The van der Waals surface area contributed by atoms with Crippen molar-refractivity contribution in [1.82, 2.24) is 14.9 Å². The van der Waals surface area contributed by atoms with Crippen LogP contribution in [0.1, 0.15) is 40.1 Å². The zero-order valence-electron chi connectivity index (χ0n) is 16.0. The Morgan fingerprint density at radius 3 is 2.48 bits per heavy atom. The van der Waals surface area contributed by atoms with Crippen LogP contribution in [0.25, 0.3) is 11.3 Å². The predicted octanol–water partition coefficient (Wildman–Crippen LogP) is 4.02. The van der Waals surface area contributed by atoms with Crippen LogP contribution in [0.2, 0.25) is 0 Å². The maximum absolute atomic E-state index is 12.8. The van der Waals surface area contributed by atoms with E-state index in [0.29, 0.717) is 16.9 Å². The fourth-order valence-corrected chi connectivity index (χ4v) is 3.42. The molecule has 1 aliphatic heterocycles. The number of nitrogens with one attached hydrogen (secondary N) is 1. The Bertz CT molecular complexity index is 1010. The number of benzene rings is 2. The highest BCUT2D eigenvalue weighted by Crippen LogP contribution is 2.20. The first-order chi connectivity index (χ1) is 14.2. The van der Waals surface area contributed by atoms with Gasteiger partial charge < -0.3 is 10.2 Å². The van der Waals surface area contributed by atoms with Gasteiger partial charge in [0.1, 0.15) is 5.69 Å². The molecule has 0 spiro atoms. The second-order valence-electron chi connectivity index (χ2n) is 7.04. The van der Waals surface area contributed by atoms with Crippen LogP contribution >= 0.6 is 0 Å². The largest absolute Gasteiger partial charge is 0.339 e. The lowest BCUT2D eigenvalue weighted by atomic mass is 10.1. The van der Waals surface area contributed by atoms with Gasteiger partial charge in [-0.05, 0) is 43.5 Å². The quantitative estimate of drug-likeness (QED) is 0.735. The van der Waals surface area contributed by atoms with Crippen molar-refractivity contribution in [2.75, 3.05) is 18.4 Å². The molecule has 4 rings (SSSR count). The summed E-state index contributed by atoms with van der Waals surface area (Å²) in [6.07, 6.45) is 6.32. The van der Waals surface area contributed by atoms with Gasteiger partial charge in [0.05, 0.1) is 18.1 Å². The third-order valence-corrected chi connectivity index (χ3v) is 4.95. The number of hydrogen-bond donors (Lipinski definition) is 1. The number of likely N-dealkylation sites (tertiary alicyclic amines) is 1. The lowest BCUT2D eigenvalue weighted by Crippen LogP contribution is -2.35. The summed E-state index contributed by atoms with van der Waals surface area (Å²) < 4.78 is 0. The number of carbonyl (C=O) groups excluding carboxylic acids is 2. The highest BCUT2D eigenvalue weighted by atomic mass is 16.2. The monoisotopic (exact) mass is 386 g/mol. The summed E-state index contributed by atoms with van der Waals surface area (Å²) in [5.41, 5.74) is 2.86. The van der Waals surface area contributed by atoms with Crippen LogP contribution in [0, 0.1) is 0 Å². The van der Waals surface area contributed by atoms with E-state index in [9.17, 15) is 9.59 Å². The molecule has 1 fully saturated rings. The topological polar surface area (TPSA) is 75.2 Å². The van der Waals surface area contributed by atoms with Crippen LogP contribution in [0.5, 0.6) is 0 Å². The molecule has 1 saturated heterocycles. The first-order valence-electron chi connectivity index (χ1n) is 9.79. The van der Waals surface area contributed by atoms with Gasteiger partial charge in [-0.3, -0.25) is 14.6 Å². The van der Waals surface area contributed by atoms with E-state index in [0.717, 1.165) is 31.5 Å². The minimum atomic E-state index is -0.328. The van der Waals surface area contributed by atoms with Crippen molar-refractivity contribution in [2.24, 2.45) is 0 Å². The molecule has 1 aromatic heterocycles. The van der Waals surface area contributed by atoms with Crippen molar-refractivity contribution in [2.45, 2.75) is 19.3 Å². The fourth-order valence-electron chi connectivity index (χ4n) is 3.42. The normalized spacial score (nSPS) is 13.7. The molecule has 0 unspecified atom stereocenters. The molecule has 0 radical (unpaired) electrons. The number of aromatic nitrogens is 2. The summed E-state index contributed by atoms with van der Waals surface area (Å²) in [5.74, 6) is -0.288. The molecular weight excluding hydrogens is 364 g/mol. The van der Waals surface area contributed by atoms with E-state index in [1.165, 1.54) is 12.6 Å². The van der Waals surface area contributed by atoms with Gasteiger partial charge in [-0.15, -0.1) is 0 Å². The number of hydrogen-bond acceptors (Lipinski definition) is 4. The van der Waals surface area contributed by atoms with Crippen LogP contribution in [-0.2, 0) is 0 Å². The van der Waals surface area contributed by atoms with Crippen LogP contribution < -0.4 is 5.32 Å². The van der Waals surface area contributed by atoms with E-state index in [1.807, 2.05) is 59.5 Å². The molecule has 2 aromatic carbocycles. The van der Waals surface area contributed by atoms with Crippen molar-refractivity contribution in [3.63, 3.8) is 0 Å². The SMILES string of the molecule is O=C(Nc1ccccc1)c1cncc(-c2cccc(C(=O)N3CCCCC3)c2)n1. The Labute approximate surface area is 169 Å². The van der Waals surface area contributed by atoms with Gasteiger partial charge in [-0.25, -0.2) is 4.98 Å². The Morgan fingerprint density at radius 1 is 0.897 bits per heavy atom. The molecule has 6 heteroatoms. The fraction of sp³-hybridized carbons (Fsp3) is 0.217. The first kappa shape index (κ1) is 18.8. The second kappa shape index (κ2) is 8.65. The third-order valence-electron chi connectivity index (χ3n) is 4.95. The van der Waals surface area contributed by atoms with Crippen LogP contribution in [0.15, 0.2) is 67.0 Å². The lowest BCUT2D eigenvalue weighted by molar-refractivity contribution is 0.0724. The van der Waals surface area contributed by atoms with Crippen molar-refractivity contribution in [3.05, 3.63) is 78.2 Å². The second-order valence-corrected chi connectivity index (χ2v) is 7.04. The first-order valence-corrected chi connectivity index (χ1v) is 9.79. The highest BCUT2D eigenvalue weighted by Gasteiger charge is 2.19. The third kappa shape index (κ3) is 4.48. The number of para-hydroxylation sites is 1. The van der Waals surface area contributed by atoms with E-state index in [1.54, 1.807) is 6.20 Å². The molecule has 0 saturated carbocycles. The maximum Gasteiger partial charge on any atom is 0.275 e. The van der Waals surface area contributed by atoms with Gasteiger partial charge in [0, 0.05) is 29.9 Å². The Balaban J connectivity index is 1.55. The number of piperidine rings is 1. The molecule has 0 atom stereocenters. The van der Waals surface area contributed by atoms with Crippen LogP contribution in [0.4, 0.5) is 5.69 Å². The van der Waals surface area contributed by atoms with E-state index in [2.05, 4.69) is 15.3 Å². The van der Waals surface area contributed by atoms with E-state index in [-0.39, 0.29) is 17.5 Å². The minimum Gasteiger partial charge on any atom is -0.339 e. The molecular formula is C23H22N4O2. The Kier molecular flexibility index (Phi) is 5.61. The molecule has 6 nitrogen and oxygen atoms in total. The average Bonchev–Trinajstić information content (AvgIpc) is 2.80. The molecule has 3 aromatic rings. The number of amides is 2. The maximum atomic E-state index is 12.8. The molecule has 2 amide bonds. The van der Waals surface area contributed by atoms with E-state index >= 15 is 0 Å². The van der Waals surface area contributed by atoms with Crippen molar-refractivity contribution < 1.29 is 9.59 Å². The summed E-state index contributed by atoms with van der Waals surface area (Å²) in [6.45, 7) is 1.61. The zero-order valence-corrected chi connectivity index (χ0v) is 16.0. The molecule has 146 valence electrons. The number of rotatable bonds is 4. The predicted molar refractivity (Wildman–Crippen MR) is 112 cm³/mol. The Hall–Kier alpha value is -3.54. The van der Waals surface area contributed by atoms with Crippen LogP contribution in [0.3, 0.4) is 0 Å². The molecule has 29 heavy (non-hydrogen) atoms. The standard InChI is InChI=1S/C23H22N4O2/c28-22(25-19-10-3-1-4-11-19)21-16-24-15-20(26-21)17-8-7-9-18(14-17)23(29)27-12-5-2-6-13-27/h1,3-4,7-11,14-16H,2,5-6,12-13H2,(H,25,28).